The number of carbonyl (C=O) groups excluding carboxylic acids is 2. The van der Waals surface area contributed by atoms with Crippen LogP contribution in [-0.2, 0) is 0 Å². The summed E-state index contributed by atoms with van der Waals surface area (Å²) in [5, 5.41) is 3.13. The fraction of sp³-hybridized carbons (Fsp3) is 0.400. The van der Waals surface area contributed by atoms with Gasteiger partial charge in [0, 0.05) is 48.5 Å². The number of rotatable bonds is 3. The van der Waals surface area contributed by atoms with Gasteiger partial charge in [0.1, 0.15) is 0 Å². The molecule has 2 amide bonds. The summed E-state index contributed by atoms with van der Waals surface area (Å²) in [4.78, 5) is 35.5. The molecule has 134 valence electrons. The van der Waals surface area contributed by atoms with Crippen molar-refractivity contribution in [1.29, 1.82) is 0 Å². The fourth-order valence-corrected chi connectivity index (χ4v) is 4.23. The summed E-state index contributed by atoms with van der Waals surface area (Å²) in [6, 6.07) is 5.78. The molecule has 0 aliphatic carbocycles. The van der Waals surface area contributed by atoms with E-state index in [1.54, 1.807) is 36.9 Å². The van der Waals surface area contributed by atoms with Crippen LogP contribution in [0.3, 0.4) is 0 Å². The van der Waals surface area contributed by atoms with Gasteiger partial charge in [0.15, 0.2) is 0 Å². The van der Waals surface area contributed by atoms with Crippen molar-refractivity contribution in [2.24, 2.45) is 0 Å². The van der Waals surface area contributed by atoms with Crippen molar-refractivity contribution in [3.8, 4) is 0 Å². The number of carbonyl (C=O) groups is 2. The number of nitrogens with zero attached hydrogens (tertiary/aromatic N) is 3. The molecule has 0 radical (unpaired) electrons. The third-order valence-electron chi connectivity index (χ3n) is 5.51. The number of nitrogens with one attached hydrogen (secondary N) is 1. The number of amides is 2. The van der Waals surface area contributed by atoms with E-state index in [1.807, 2.05) is 17.9 Å². The van der Waals surface area contributed by atoms with Gasteiger partial charge < -0.3 is 10.2 Å². The fourth-order valence-electron chi connectivity index (χ4n) is 4.23. The Morgan fingerprint density at radius 3 is 2.35 bits per heavy atom. The zero-order valence-electron chi connectivity index (χ0n) is 14.8. The Morgan fingerprint density at radius 2 is 1.69 bits per heavy atom. The van der Waals surface area contributed by atoms with Crippen molar-refractivity contribution in [1.82, 2.24) is 20.2 Å². The summed E-state index contributed by atoms with van der Waals surface area (Å²) in [6.45, 7) is 1.94. The van der Waals surface area contributed by atoms with Gasteiger partial charge in [0.2, 0.25) is 0 Å². The van der Waals surface area contributed by atoms with E-state index in [1.165, 1.54) is 0 Å². The van der Waals surface area contributed by atoms with Gasteiger partial charge in [0.25, 0.3) is 11.8 Å². The van der Waals surface area contributed by atoms with Gasteiger partial charge in [-0.15, -0.1) is 0 Å². The van der Waals surface area contributed by atoms with Crippen molar-refractivity contribution in [2.75, 3.05) is 0 Å². The summed E-state index contributed by atoms with van der Waals surface area (Å²) in [6.07, 6.45) is 10.2. The largest absolute Gasteiger partial charge is 0.349 e. The summed E-state index contributed by atoms with van der Waals surface area (Å²) < 4.78 is 0. The van der Waals surface area contributed by atoms with Gasteiger partial charge in [0.05, 0.1) is 5.56 Å². The molecule has 0 saturated carbocycles. The lowest BCUT2D eigenvalue weighted by Crippen LogP contribution is -2.52. The maximum Gasteiger partial charge on any atom is 0.256 e. The molecule has 0 aromatic carbocycles. The van der Waals surface area contributed by atoms with Crippen LogP contribution >= 0.6 is 0 Å². The number of hydrogen-bond donors (Lipinski definition) is 1. The summed E-state index contributed by atoms with van der Waals surface area (Å²) >= 11 is 0. The van der Waals surface area contributed by atoms with Crippen molar-refractivity contribution in [2.45, 2.75) is 50.7 Å². The summed E-state index contributed by atoms with van der Waals surface area (Å²) in [5.41, 5.74) is 2.26. The molecule has 1 N–H and O–H groups in total. The highest BCUT2D eigenvalue weighted by atomic mass is 16.2. The van der Waals surface area contributed by atoms with E-state index < -0.39 is 0 Å². The van der Waals surface area contributed by atoms with E-state index in [0.29, 0.717) is 11.1 Å². The lowest BCUT2D eigenvalue weighted by atomic mass is 9.95. The van der Waals surface area contributed by atoms with Gasteiger partial charge in [-0.2, -0.15) is 0 Å². The van der Waals surface area contributed by atoms with E-state index >= 15 is 0 Å². The zero-order valence-corrected chi connectivity index (χ0v) is 14.8. The van der Waals surface area contributed by atoms with Crippen LogP contribution in [0.2, 0.25) is 0 Å². The number of hydrogen-bond acceptors (Lipinski definition) is 4. The van der Waals surface area contributed by atoms with Crippen molar-refractivity contribution >= 4 is 11.8 Å². The molecule has 26 heavy (non-hydrogen) atoms. The lowest BCUT2D eigenvalue weighted by molar-refractivity contribution is 0.0548. The monoisotopic (exact) mass is 350 g/mol. The van der Waals surface area contributed by atoms with Crippen LogP contribution in [0.15, 0.2) is 43.0 Å². The van der Waals surface area contributed by atoms with Crippen molar-refractivity contribution in [3.05, 3.63) is 59.7 Å². The standard InChI is InChI=1S/C20H22N4O2/c1-13-4-7-22-12-18(13)20(26)24-16-2-3-17(24)11-15(10-16)23-19(25)14-5-8-21-9-6-14/h4-9,12,15-17H,2-3,10-11H2,1H3,(H,23,25). The molecule has 4 rings (SSSR count). The predicted octanol–water partition coefficient (Wildman–Crippen LogP) is 2.35. The highest BCUT2D eigenvalue weighted by Gasteiger charge is 2.44. The molecular weight excluding hydrogens is 328 g/mol. The molecule has 4 heterocycles. The second kappa shape index (κ2) is 6.86. The molecule has 2 bridgehead atoms. The zero-order chi connectivity index (χ0) is 18.1. The van der Waals surface area contributed by atoms with Crippen molar-refractivity contribution in [3.63, 3.8) is 0 Å². The van der Waals surface area contributed by atoms with E-state index in [4.69, 9.17) is 0 Å². The van der Waals surface area contributed by atoms with E-state index in [2.05, 4.69) is 15.3 Å². The topological polar surface area (TPSA) is 75.2 Å². The maximum atomic E-state index is 13.0. The second-order valence-electron chi connectivity index (χ2n) is 7.17. The van der Waals surface area contributed by atoms with Crippen LogP contribution in [0.5, 0.6) is 0 Å². The van der Waals surface area contributed by atoms with Crippen molar-refractivity contribution < 1.29 is 9.59 Å². The first-order valence-corrected chi connectivity index (χ1v) is 9.07. The van der Waals surface area contributed by atoms with Crippen LogP contribution in [0, 0.1) is 6.92 Å². The number of fused-ring (bicyclic) bond motifs is 2. The Labute approximate surface area is 152 Å². The van der Waals surface area contributed by atoms with Crippen LogP contribution in [-0.4, -0.2) is 44.8 Å². The number of aryl methyl sites for hydroxylation is 1. The molecule has 2 aliphatic heterocycles. The third kappa shape index (κ3) is 3.07. The highest BCUT2D eigenvalue weighted by molar-refractivity contribution is 5.96. The molecule has 0 spiro atoms. The number of pyridine rings is 2. The minimum Gasteiger partial charge on any atom is -0.349 e. The quantitative estimate of drug-likeness (QED) is 0.922. The molecule has 2 aromatic rings. The Kier molecular flexibility index (Phi) is 4.41. The second-order valence-corrected chi connectivity index (χ2v) is 7.17. The molecule has 2 saturated heterocycles. The minimum atomic E-state index is -0.0697. The average Bonchev–Trinajstić information content (AvgIpc) is 2.93. The van der Waals surface area contributed by atoms with Crippen LogP contribution in [0.4, 0.5) is 0 Å². The molecular formula is C20H22N4O2. The number of aromatic nitrogens is 2. The van der Waals surface area contributed by atoms with E-state index in [0.717, 1.165) is 31.2 Å². The summed E-state index contributed by atoms with van der Waals surface area (Å²) in [7, 11) is 0. The molecule has 6 heteroatoms. The predicted molar refractivity (Wildman–Crippen MR) is 96.7 cm³/mol. The van der Waals surface area contributed by atoms with Gasteiger partial charge in [-0.1, -0.05) is 0 Å². The molecule has 2 aliphatic rings. The summed E-state index contributed by atoms with van der Waals surface area (Å²) in [5.74, 6) is 0.00157. The molecule has 2 fully saturated rings. The minimum absolute atomic E-state index is 0.0697. The smallest absolute Gasteiger partial charge is 0.256 e. The van der Waals surface area contributed by atoms with Gasteiger partial charge in [-0.25, -0.2) is 0 Å². The van der Waals surface area contributed by atoms with Gasteiger partial charge in [-0.3, -0.25) is 19.6 Å². The van der Waals surface area contributed by atoms with E-state index in [9.17, 15) is 9.59 Å². The molecule has 2 atom stereocenters. The third-order valence-corrected chi connectivity index (χ3v) is 5.51. The molecule has 2 unspecified atom stereocenters. The maximum absolute atomic E-state index is 13.0. The Hall–Kier alpha value is -2.76. The lowest BCUT2D eigenvalue weighted by Gasteiger charge is -2.39. The highest BCUT2D eigenvalue weighted by Crippen LogP contribution is 2.37. The average molecular weight is 350 g/mol. The molecule has 2 aromatic heterocycles. The normalized spacial score (nSPS) is 24.3. The first kappa shape index (κ1) is 16.7. The van der Waals surface area contributed by atoms with Crippen LogP contribution in [0.25, 0.3) is 0 Å². The Bertz CT molecular complexity index is 810. The Morgan fingerprint density at radius 1 is 1.04 bits per heavy atom. The van der Waals surface area contributed by atoms with Gasteiger partial charge >= 0.3 is 0 Å². The molecule has 6 nitrogen and oxygen atoms in total. The Balaban J connectivity index is 1.45. The SMILES string of the molecule is Cc1ccncc1C(=O)N1C2CCC1CC(NC(=O)c1ccncc1)C2. The van der Waals surface area contributed by atoms with Gasteiger partial charge in [-0.05, 0) is 56.4 Å². The van der Waals surface area contributed by atoms with Crippen LogP contribution in [0.1, 0.15) is 52.0 Å². The van der Waals surface area contributed by atoms with Crippen LogP contribution < -0.4 is 5.32 Å². The number of piperidine rings is 1. The first-order chi connectivity index (χ1) is 12.6. The first-order valence-electron chi connectivity index (χ1n) is 9.07. The van der Waals surface area contributed by atoms with E-state index in [-0.39, 0.29) is 29.9 Å².